The molecule has 1 aromatic carbocycles. The lowest BCUT2D eigenvalue weighted by Crippen LogP contribution is -2.13. The van der Waals surface area contributed by atoms with E-state index in [4.69, 9.17) is 21.1 Å². The van der Waals surface area contributed by atoms with Crippen LogP contribution in [0.4, 0.5) is 5.69 Å². The third-order valence-corrected chi connectivity index (χ3v) is 2.33. The number of nitrogens with zero attached hydrogens (tertiary/aromatic N) is 1. The number of fused-ring (bicyclic) bond motifs is 1. The quantitative estimate of drug-likeness (QED) is 0.538. The number of hydrogen-bond donors (Lipinski definition) is 0. The van der Waals surface area contributed by atoms with Gasteiger partial charge in [-0.15, -0.1) is 11.6 Å². The number of ether oxygens (including phenoxy) is 2. The molecule has 3 nitrogen and oxygen atoms in total. The molecule has 0 saturated carbocycles. The number of anilines is 1. The fourth-order valence-corrected chi connectivity index (χ4v) is 1.33. The van der Waals surface area contributed by atoms with Crippen LogP contribution in [0.25, 0.3) is 0 Å². The van der Waals surface area contributed by atoms with Crippen molar-refractivity contribution in [3.8, 4) is 11.5 Å². The standard InChI is InChI=1S/C9H10ClNO2/c1-11(5-10)7-2-3-8-9(4-7)13-6-12-8/h2-4H,5-6H2,1H3. The maximum atomic E-state index is 5.69. The van der Waals surface area contributed by atoms with Crippen molar-refractivity contribution in [2.24, 2.45) is 0 Å². The molecule has 0 fully saturated rings. The molecule has 70 valence electrons. The van der Waals surface area contributed by atoms with Gasteiger partial charge in [-0.1, -0.05) is 0 Å². The highest BCUT2D eigenvalue weighted by molar-refractivity contribution is 6.18. The summed E-state index contributed by atoms with van der Waals surface area (Å²) >= 11 is 5.69. The molecule has 0 bridgehead atoms. The van der Waals surface area contributed by atoms with Gasteiger partial charge in [0.25, 0.3) is 0 Å². The molecule has 0 radical (unpaired) electrons. The number of rotatable bonds is 2. The lowest BCUT2D eigenvalue weighted by atomic mass is 10.2. The highest BCUT2D eigenvalue weighted by Gasteiger charge is 2.13. The summed E-state index contributed by atoms with van der Waals surface area (Å²) in [5.74, 6) is 1.58. The third-order valence-electron chi connectivity index (χ3n) is 1.98. The number of alkyl halides is 1. The topological polar surface area (TPSA) is 21.7 Å². The molecular formula is C9H10ClNO2. The zero-order valence-corrected chi connectivity index (χ0v) is 8.04. The fourth-order valence-electron chi connectivity index (χ4n) is 1.19. The van der Waals surface area contributed by atoms with Crippen LogP contribution >= 0.6 is 11.6 Å². The molecule has 0 aromatic heterocycles. The molecule has 2 rings (SSSR count). The van der Waals surface area contributed by atoms with E-state index in [1.165, 1.54) is 0 Å². The average molecular weight is 200 g/mol. The van der Waals surface area contributed by atoms with E-state index in [2.05, 4.69) is 0 Å². The Kier molecular flexibility index (Phi) is 2.19. The average Bonchev–Trinajstić information content (AvgIpc) is 2.63. The van der Waals surface area contributed by atoms with Gasteiger partial charge < -0.3 is 14.4 Å². The van der Waals surface area contributed by atoms with Crippen molar-refractivity contribution in [2.45, 2.75) is 0 Å². The third kappa shape index (κ3) is 1.52. The Hall–Kier alpha value is -1.09. The van der Waals surface area contributed by atoms with Gasteiger partial charge in [0.2, 0.25) is 6.79 Å². The molecule has 1 aliphatic heterocycles. The van der Waals surface area contributed by atoms with Gasteiger partial charge in [-0.25, -0.2) is 0 Å². The first kappa shape index (κ1) is 8.51. The minimum absolute atomic E-state index is 0.309. The summed E-state index contributed by atoms with van der Waals surface area (Å²) in [5, 5.41) is 0. The van der Waals surface area contributed by atoms with E-state index < -0.39 is 0 Å². The summed E-state index contributed by atoms with van der Waals surface area (Å²) in [5.41, 5.74) is 1.03. The van der Waals surface area contributed by atoms with E-state index in [-0.39, 0.29) is 0 Å². The second-order valence-corrected chi connectivity index (χ2v) is 3.09. The largest absolute Gasteiger partial charge is 0.454 e. The lowest BCUT2D eigenvalue weighted by molar-refractivity contribution is 0.174. The van der Waals surface area contributed by atoms with Crippen molar-refractivity contribution in [1.82, 2.24) is 0 Å². The first-order valence-electron chi connectivity index (χ1n) is 3.98. The van der Waals surface area contributed by atoms with Gasteiger partial charge >= 0.3 is 0 Å². The van der Waals surface area contributed by atoms with Crippen LogP contribution in [-0.2, 0) is 0 Å². The molecule has 0 saturated heterocycles. The molecule has 0 aliphatic carbocycles. The molecular weight excluding hydrogens is 190 g/mol. The van der Waals surface area contributed by atoms with Gasteiger partial charge in [0.05, 0.1) is 6.00 Å². The Balaban J connectivity index is 2.30. The maximum absolute atomic E-state index is 5.69. The number of hydrogen-bond acceptors (Lipinski definition) is 3. The Bertz CT molecular complexity index is 316. The van der Waals surface area contributed by atoms with Crippen molar-refractivity contribution >= 4 is 17.3 Å². The summed E-state index contributed by atoms with van der Waals surface area (Å²) in [6, 6.07) is 6.22. The summed E-state index contributed by atoms with van der Waals surface area (Å²) in [6.45, 7) is 0.309. The van der Waals surface area contributed by atoms with Gasteiger partial charge in [-0.05, 0) is 12.1 Å². The van der Waals surface area contributed by atoms with Crippen molar-refractivity contribution in [1.29, 1.82) is 0 Å². The van der Waals surface area contributed by atoms with Crippen LogP contribution in [0.5, 0.6) is 11.5 Å². The van der Waals surface area contributed by atoms with Crippen molar-refractivity contribution in [3.63, 3.8) is 0 Å². The molecule has 1 heterocycles. The summed E-state index contributed by atoms with van der Waals surface area (Å²) in [6.07, 6.45) is 0. The van der Waals surface area contributed by atoms with Gasteiger partial charge in [-0.3, -0.25) is 0 Å². The van der Waals surface area contributed by atoms with Crippen LogP contribution in [0.2, 0.25) is 0 Å². The van der Waals surface area contributed by atoms with E-state index in [1.54, 1.807) is 0 Å². The second-order valence-electron chi connectivity index (χ2n) is 2.86. The zero-order chi connectivity index (χ0) is 9.26. The number of halogens is 1. The normalized spacial score (nSPS) is 13.1. The van der Waals surface area contributed by atoms with Crippen LogP contribution in [0, 0.1) is 0 Å². The van der Waals surface area contributed by atoms with Gasteiger partial charge in [-0.2, -0.15) is 0 Å². The summed E-state index contributed by atoms with van der Waals surface area (Å²) in [7, 11) is 1.92. The van der Waals surface area contributed by atoms with E-state index in [0.717, 1.165) is 17.2 Å². The first-order chi connectivity index (χ1) is 6.31. The predicted molar refractivity (Wildman–Crippen MR) is 51.7 cm³/mol. The zero-order valence-electron chi connectivity index (χ0n) is 7.29. The van der Waals surface area contributed by atoms with Crippen LogP contribution in [0.3, 0.4) is 0 Å². The lowest BCUT2D eigenvalue weighted by Gasteiger charge is -2.15. The van der Waals surface area contributed by atoms with Gasteiger partial charge in [0.15, 0.2) is 11.5 Å². The van der Waals surface area contributed by atoms with Crippen molar-refractivity contribution < 1.29 is 9.47 Å². The van der Waals surface area contributed by atoms with Gasteiger partial charge in [0.1, 0.15) is 0 Å². The summed E-state index contributed by atoms with van der Waals surface area (Å²) < 4.78 is 10.4. The van der Waals surface area contributed by atoms with Crippen LogP contribution in [0.1, 0.15) is 0 Å². The summed E-state index contributed by atoms with van der Waals surface area (Å²) in [4.78, 5) is 1.92. The van der Waals surface area contributed by atoms with Crippen molar-refractivity contribution in [3.05, 3.63) is 18.2 Å². The highest BCUT2D eigenvalue weighted by Crippen LogP contribution is 2.35. The molecule has 0 amide bonds. The Morgan fingerprint density at radius 1 is 1.38 bits per heavy atom. The van der Waals surface area contributed by atoms with E-state index in [1.807, 2.05) is 30.1 Å². The van der Waals surface area contributed by atoms with Crippen LogP contribution in [-0.4, -0.2) is 19.8 Å². The minimum atomic E-state index is 0.309. The van der Waals surface area contributed by atoms with Gasteiger partial charge in [0, 0.05) is 18.8 Å². The SMILES string of the molecule is CN(CCl)c1ccc2c(c1)OCO2. The highest BCUT2D eigenvalue weighted by atomic mass is 35.5. The van der Waals surface area contributed by atoms with E-state index in [0.29, 0.717) is 12.8 Å². The molecule has 0 spiro atoms. The fraction of sp³-hybridized carbons (Fsp3) is 0.333. The smallest absolute Gasteiger partial charge is 0.231 e. The molecule has 1 aliphatic rings. The molecule has 0 unspecified atom stereocenters. The first-order valence-corrected chi connectivity index (χ1v) is 4.51. The monoisotopic (exact) mass is 199 g/mol. The molecule has 0 atom stereocenters. The molecule has 1 aromatic rings. The Morgan fingerprint density at radius 3 is 2.92 bits per heavy atom. The van der Waals surface area contributed by atoms with E-state index >= 15 is 0 Å². The maximum Gasteiger partial charge on any atom is 0.231 e. The minimum Gasteiger partial charge on any atom is -0.454 e. The van der Waals surface area contributed by atoms with Crippen LogP contribution in [0.15, 0.2) is 18.2 Å². The van der Waals surface area contributed by atoms with Crippen LogP contribution < -0.4 is 14.4 Å². The predicted octanol–water partition coefficient (Wildman–Crippen LogP) is 2.05. The number of benzene rings is 1. The molecule has 0 N–H and O–H groups in total. The van der Waals surface area contributed by atoms with Crippen molar-refractivity contribution in [2.75, 3.05) is 24.7 Å². The Morgan fingerprint density at radius 2 is 2.15 bits per heavy atom. The second kappa shape index (κ2) is 3.34. The Labute approximate surface area is 81.8 Å². The molecule has 13 heavy (non-hydrogen) atoms. The van der Waals surface area contributed by atoms with E-state index in [9.17, 15) is 0 Å². The molecule has 4 heteroatoms.